The van der Waals surface area contributed by atoms with Gasteiger partial charge in [0, 0.05) is 5.92 Å². The molecule has 0 heteroatoms. The van der Waals surface area contributed by atoms with Crippen molar-refractivity contribution in [2.24, 2.45) is 5.92 Å². The van der Waals surface area contributed by atoms with Gasteiger partial charge in [-0.3, -0.25) is 0 Å². The fraction of sp³-hybridized carbons (Fsp3) is 0.286. The Morgan fingerprint density at radius 3 is 2.71 bits per heavy atom. The molecule has 0 aliphatic heterocycles. The Morgan fingerprint density at radius 1 is 1.29 bits per heavy atom. The average molecular weight is 184 g/mol. The van der Waals surface area contributed by atoms with Gasteiger partial charge in [0.1, 0.15) is 0 Å². The SMILES string of the molecule is C=C(C)C1c2ccccc2C=CC1C. The Morgan fingerprint density at radius 2 is 2.00 bits per heavy atom. The van der Waals surface area contributed by atoms with Gasteiger partial charge in [0.2, 0.25) is 0 Å². The van der Waals surface area contributed by atoms with E-state index in [1.54, 1.807) is 0 Å². The molecule has 1 aromatic rings. The van der Waals surface area contributed by atoms with Crippen molar-refractivity contribution in [2.45, 2.75) is 19.8 Å². The highest BCUT2D eigenvalue weighted by molar-refractivity contribution is 5.59. The Balaban J connectivity index is 2.53. The average Bonchev–Trinajstić information content (AvgIpc) is 2.17. The van der Waals surface area contributed by atoms with E-state index in [1.807, 2.05) is 0 Å². The fourth-order valence-electron chi connectivity index (χ4n) is 2.31. The molecule has 1 aliphatic rings. The van der Waals surface area contributed by atoms with Crippen LogP contribution < -0.4 is 0 Å². The van der Waals surface area contributed by atoms with E-state index in [0.29, 0.717) is 11.8 Å². The Labute approximate surface area is 86.0 Å². The lowest BCUT2D eigenvalue weighted by molar-refractivity contribution is 0.609. The molecule has 0 saturated carbocycles. The van der Waals surface area contributed by atoms with Crippen LogP contribution in [0.1, 0.15) is 30.9 Å². The van der Waals surface area contributed by atoms with Crippen molar-refractivity contribution in [2.75, 3.05) is 0 Å². The number of rotatable bonds is 1. The van der Waals surface area contributed by atoms with E-state index >= 15 is 0 Å². The highest BCUT2D eigenvalue weighted by atomic mass is 14.3. The van der Waals surface area contributed by atoms with Crippen molar-refractivity contribution in [3.63, 3.8) is 0 Å². The molecule has 2 atom stereocenters. The Kier molecular flexibility index (Phi) is 2.28. The van der Waals surface area contributed by atoms with Gasteiger partial charge in [-0.1, -0.05) is 55.5 Å². The predicted molar refractivity (Wildman–Crippen MR) is 62.2 cm³/mol. The summed E-state index contributed by atoms with van der Waals surface area (Å²) in [6.07, 6.45) is 4.50. The van der Waals surface area contributed by atoms with E-state index in [4.69, 9.17) is 0 Å². The highest BCUT2D eigenvalue weighted by Crippen LogP contribution is 2.37. The zero-order chi connectivity index (χ0) is 10.1. The molecule has 72 valence electrons. The molecule has 0 spiro atoms. The summed E-state index contributed by atoms with van der Waals surface area (Å²) in [5.74, 6) is 1.07. The molecule has 0 saturated heterocycles. The molecule has 0 N–H and O–H groups in total. The van der Waals surface area contributed by atoms with Crippen molar-refractivity contribution < 1.29 is 0 Å². The molecular weight excluding hydrogens is 168 g/mol. The molecule has 2 unspecified atom stereocenters. The summed E-state index contributed by atoms with van der Waals surface area (Å²) >= 11 is 0. The topological polar surface area (TPSA) is 0 Å². The van der Waals surface area contributed by atoms with Crippen molar-refractivity contribution in [3.8, 4) is 0 Å². The third kappa shape index (κ3) is 1.41. The molecule has 0 radical (unpaired) electrons. The van der Waals surface area contributed by atoms with Gasteiger partial charge in [-0.2, -0.15) is 0 Å². The smallest absolute Gasteiger partial charge is 0.0109 e. The summed E-state index contributed by atoms with van der Waals surface area (Å²) in [5, 5.41) is 0. The van der Waals surface area contributed by atoms with Crippen LogP contribution in [0.3, 0.4) is 0 Å². The highest BCUT2D eigenvalue weighted by Gasteiger charge is 2.22. The maximum atomic E-state index is 4.09. The third-order valence-corrected chi connectivity index (χ3v) is 2.97. The van der Waals surface area contributed by atoms with Crippen LogP contribution in [-0.2, 0) is 0 Å². The van der Waals surface area contributed by atoms with Crippen molar-refractivity contribution in [3.05, 3.63) is 53.6 Å². The first kappa shape index (κ1) is 9.26. The molecule has 2 rings (SSSR count). The minimum absolute atomic E-state index is 0.496. The first-order valence-corrected chi connectivity index (χ1v) is 5.12. The number of allylic oxidation sites excluding steroid dienone is 2. The van der Waals surface area contributed by atoms with Gasteiger partial charge in [-0.05, 0) is 24.0 Å². The summed E-state index contributed by atoms with van der Waals surface area (Å²) in [7, 11) is 0. The van der Waals surface area contributed by atoms with Crippen molar-refractivity contribution in [1.82, 2.24) is 0 Å². The van der Waals surface area contributed by atoms with Crippen molar-refractivity contribution in [1.29, 1.82) is 0 Å². The van der Waals surface area contributed by atoms with Crippen LogP contribution in [0.2, 0.25) is 0 Å². The van der Waals surface area contributed by atoms with Gasteiger partial charge in [0.15, 0.2) is 0 Å². The fourth-order valence-corrected chi connectivity index (χ4v) is 2.31. The standard InChI is InChI=1S/C14H16/c1-10(2)14-11(3)8-9-12-6-4-5-7-13(12)14/h4-9,11,14H,1H2,2-3H3. The number of hydrogen-bond donors (Lipinski definition) is 0. The molecule has 1 aliphatic carbocycles. The second-order valence-corrected chi connectivity index (χ2v) is 4.17. The zero-order valence-electron chi connectivity index (χ0n) is 8.83. The van der Waals surface area contributed by atoms with Crippen molar-refractivity contribution >= 4 is 6.08 Å². The Hall–Kier alpha value is -1.30. The zero-order valence-corrected chi connectivity index (χ0v) is 8.83. The van der Waals surface area contributed by atoms with Crippen LogP contribution in [0.5, 0.6) is 0 Å². The first-order valence-electron chi connectivity index (χ1n) is 5.12. The summed E-state index contributed by atoms with van der Waals surface area (Å²) in [4.78, 5) is 0. The second-order valence-electron chi connectivity index (χ2n) is 4.17. The lowest BCUT2D eigenvalue weighted by Crippen LogP contribution is -2.13. The second kappa shape index (κ2) is 3.45. The van der Waals surface area contributed by atoms with Gasteiger partial charge in [0.05, 0.1) is 0 Å². The lowest BCUT2D eigenvalue weighted by Gasteiger charge is -2.27. The van der Waals surface area contributed by atoms with E-state index in [2.05, 4.69) is 56.8 Å². The van der Waals surface area contributed by atoms with Gasteiger partial charge < -0.3 is 0 Å². The van der Waals surface area contributed by atoms with E-state index < -0.39 is 0 Å². The molecule has 14 heavy (non-hydrogen) atoms. The minimum atomic E-state index is 0.496. The third-order valence-electron chi connectivity index (χ3n) is 2.97. The van der Waals surface area contributed by atoms with Gasteiger partial charge in [-0.15, -0.1) is 0 Å². The lowest BCUT2D eigenvalue weighted by atomic mass is 9.77. The van der Waals surface area contributed by atoms with E-state index in [0.717, 1.165) is 0 Å². The maximum Gasteiger partial charge on any atom is 0.0109 e. The molecule has 0 aromatic heterocycles. The van der Waals surface area contributed by atoms with Crippen LogP contribution in [0.15, 0.2) is 42.5 Å². The first-order chi connectivity index (χ1) is 6.70. The molecule has 0 bridgehead atoms. The van der Waals surface area contributed by atoms with Gasteiger partial charge >= 0.3 is 0 Å². The van der Waals surface area contributed by atoms with Crippen LogP contribution >= 0.6 is 0 Å². The van der Waals surface area contributed by atoms with Gasteiger partial charge in [-0.25, -0.2) is 0 Å². The van der Waals surface area contributed by atoms with Crippen LogP contribution in [0, 0.1) is 5.92 Å². The van der Waals surface area contributed by atoms with Crippen LogP contribution in [0.25, 0.3) is 6.08 Å². The number of hydrogen-bond acceptors (Lipinski definition) is 0. The molecule has 1 aromatic carbocycles. The molecule has 0 fully saturated rings. The largest absolute Gasteiger partial charge is 0.0995 e. The van der Waals surface area contributed by atoms with E-state index in [1.165, 1.54) is 16.7 Å². The summed E-state index contributed by atoms with van der Waals surface area (Å²) in [5.41, 5.74) is 4.03. The summed E-state index contributed by atoms with van der Waals surface area (Å²) in [6.45, 7) is 8.47. The Bertz CT molecular complexity index is 385. The summed E-state index contributed by atoms with van der Waals surface area (Å²) in [6, 6.07) is 8.59. The monoisotopic (exact) mass is 184 g/mol. The number of benzene rings is 1. The molecular formula is C14H16. The van der Waals surface area contributed by atoms with Crippen LogP contribution in [-0.4, -0.2) is 0 Å². The molecule has 0 amide bonds. The van der Waals surface area contributed by atoms with E-state index in [-0.39, 0.29) is 0 Å². The predicted octanol–water partition coefficient (Wildman–Crippen LogP) is 4.01. The number of fused-ring (bicyclic) bond motifs is 1. The van der Waals surface area contributed by atoms with Gasteiger partial charge in [0.25, 0.3) is 0 Å². The van der Waals surface area contributed by atoms with Crippen LogP contribution in [0.4, 0.5) is 0 Å². The normalized spacial score (nSPS) is 24.4. The quantitative estimate of drug-likeness (QED) is 0.578. The summed E-state index contributed by atoms with van der Waals surface area (Å²) < 4.78 is 0. The minimum Gasteiger partial charge on any atom is -0.0995 e. The molecule has 0 nitrogen and oxygen atoms in total. The van der Waals surface area contributed by atoms with E-state index in [9.17, 15) is 0 Å². The molecule has 0 heterocycles. The maximum absolute atomic E-state index is 4.09.